The van der Waals surface area contributed by atoms with Gasteiger partial charge < -0.3 is 39.4 Å². The summed E-state index contributed by atoms with van der Waals surface area (Å²) >= 11 is 0. The van der Waals surface area contributed by atoms with Gasteiger partial charge in [-0.1, -0.05) is 419 Å². The Balaban J connectivity index is 0.000000309. The summed E-state index contributed by atoms with van der Waals surface area (Å²) < 4.78 is 24.3. The van der Waals surface area contributed by atoms with E-state index >= 15 is 0 Å². The van der Waals surface area contributed by atoms with Gasteiger partial charge in [0, 0.05) is 79.5 Å². The van der Waals surface area contributed by atoms with Crippen LogP contribution in [0.3, 0.4) is 0 Å². The van der Waals surface area contributed by atoms with Gasteiger partial charge in [0.15, 0.2) is 0 Å². The second-order valence-corrected chi connectivity index (χ2v) is 54.9. The standard InChI is InChI=1S/C33H52O2.C31H48O2.C30H46O2.C29H44O2/c1-19-22(30(4,5)6)17-24(32(10,11)12)28(34)26(19)21(3)27-20(2)23(31(7,8)9)18-25(29(27)35-16)33(13,14)15;1-19(22-15-20(28(2,3)4)17-24(26(22)32)30(8,9)10)23-16-21(29(5,6)7)18-25(27(23)33-14)31(11,12)13;1-27(2,3)21-15-19(25(31)23(17-21)29(7,8)9)14-20-16-22(28(4,5)6)18-24(26(20)32-13)30(10,11)12;1-26(2,3)18-14-20(24(30)22(16-18)28(7,8)9)21-15-19(27(4,5)6)17-23(25(21)31-13)29(10,11)12/h17-18,21,34H,1-16H3;15-19,32H,1-14H3;15-18,31H,14H2,1-13H3;14-17,30H,1-13H3. The number of hydrogen-bond acceptors (Lipinski definition) is 8. The maximum atomic E-state index is 11.8. The Kier molecular flexibility index (Phi) is 33.6. The van der Waals surface area contributed by atoms with Crippen LogP contribution in [0.25, 0.3) is 11.1 Å². The third-order valence-electron chi connectivity index (χ3n) is 26.6. The van der Waals surface area contributed by atoms with E-state index in [4.69, 9.17) is 18.9 Å². The topological polar surface area (TPSA) is 118 Å². The minimum absolute atomic E-state index is 0.00361. The molecule has 8 rings (SSSR count). The molecule has 8 heteroatoms. The molecule has 0 bridgehead atoms. The van der Waals surface area contributed by atoms with E-state index in [1.54, 1.807) is 28.4 Å². The maximum absolute atomic E-state index is 11.8. The number of rotatable bonds is 11. The van der Waals surface area contributed by atoms with E-state index in [0.717, 1.165) is 89.8 Å². The Labute approximate surface area is 803 Å². The van der Waals surface area contributed by atoms with E-state index in [9.17, 15) is 20.4 Å². The molecule has 8 aromatic rings. The van der Waals surface area contributed by atoms with Crippen molar-refractivity contribution in [1.29, 1.82) is 0 Å². The number of phenols is 4. The second kappa shape index (κ2) is 38.7. The molecule has 2 atom stereocenters. The van der Waals surface area contributed by atoms with Crippen molar-refractivity contribution in [2.75, 3.05) is 28.4 Å². The largest absolute Gasteiger partial charge is 0.507 e. The van der Waals surface area contributed by atoms with Crippen LogP contribution in [0.1, 0.15) is 492 Å². The van der Waals surface area contributed by atoms with Crippen LogP contribution in [-0.2, 0) is 93.1 Å². The fourth-order valence-corrected chi connectivity index (χ4v) is 18.0. The van der Waals surface area contributed by atoms with Crippen LogP contribution in [0, 0.1) is 13.8 Å². The lowest BCUT2D eigenvalue weighted by atomic mass is 9.71. The number of ether oxygens (including phenoxy) is 4. The van der Waals surface area contributed by atoms with E-state index in [-0.39, 0.29) is 98.5 Å². The number of benzene rings is 8. The van der Waals surface area contributed by atoms with Crippen molar-refractivity contribution in [3.63, 3.8) is 0 Å². The molecule has 0 aromatic heterocycles. The van der Waals surface area contributed by atoms with Crippen LogP contribution in [-0.4, -0.2) is 48.9 Å². The van der Waals surface area contributed by atoms with Gasteiger partial charge in [-0.15, -0.1) is 0 Å². The highest BCUT2D eigenvalue weighted by Gasteiger charge is 2.40. The zero-order valence-electron chi connectivity index (χ0n) is 94.4. The fourth-order valence-electron chi connectivity index (χ4n) is 18.0. The first-order valence-electron chi connectivity index (χ1n) is 48.7. The smallest absolute Gasteiger partial charge is 0.130 e. The molecule has 0 aliphatic carbocycles. The lowest BCUT2D eigenvalue weighted by Gasteiger charge is -2.35. The van der Waals surface area contributed by atoms with Crippen LogP contribution in [0.2, 0.25) is 0 Å². The van der Waals surface area contributed by atoms with E-state index < -0.39 is 0 Å². The second-order valence-electron chi connectivity index (χ2n) is 54.9. The van der Waals surface area contributed by atoms with Crippen molar-refractivity contribution in [3.8, 4) is 57.1 Å². The van der Waals surface area contributed by atoms with Crippen molar-refractivity contribution in [1.82, 2.24) is 0 Å². The van der Waals surface area contributed by atoms with Crippen LogP contribution in [0.4, 0.5) is 0 Å². The molecule has 131 heavy (non-hydrogen) atoms. The summed E-state index contributed by atoms with van der Waals surface area (Å²) in [5, 5.41) is 46.2. The summed E-state index contributed by atoms with van der Waals surface area (Å²) in [6, 6.07) is 31.3. The molecule has 8 aromatic carbocycles. The number of phenolic OH excluding ortho intramolecular Hbond substituents is 4. The van der Waals surface area contributed by atoms with Gasteiger partial charge in [0.1, 0.15) is 46.0 Å². The Morgan fingerprint density at radius 1 is 0.206 bits per heavy atom. The molecule has 2 unspecified atom stereocenters. The van der Waals surface area contributed by atoms with Crippen LogP contribution in [0.5, 0.6) is 46.0 Å². The van der Waals surface area contributed by atoms with E-state index in [2.05, 4.69) is 445 Å². The van der Waals surface area contributed by atoms with Gasteiger partial charge in [-0.3, -0.25) is 0 Å². The molecule has 0 fully saturated rings. The molecule has 0 saturated heterocycles. The predicted molar refractivity (Wildman–Crippen MR) is 570 cm³/mol. The van der Waals surface area contributed by atoms with E-state index in [1.807, 2.05) is 0 Å². The van der Waals surface area contributed by atoms with Crippen molar-refractivity contribution < 1.29 is 39.4 Å². The quantitative estimate of drug-likeness (QED) is 0.101. The third kappa shape index (κ3) is 26.9. The van der Waals surface area contributed by atoms with Crippen LogP contribution >= 0.6 is 0 Å². The number of methoxy groups -OCH3 is 4. The van der Waals surface area contributed by atoms with Crippen molar-refractivity contribution in [2.45, 2.75) is 465 Å². The molecule has 8 nitrogen and oxygen atoms in total. The lowest BCUT2D eigenvalue weighted by Crippen LogP contribution is -2.23. The Hall–Kier alpha value is -7.84. The summed E-state index contributed by atoms with van der Waals surface area (Å²) in [7, 11) is 7.05. The zero-order chi connectivity index (χ0) is 102. The van der Waals surface area contributed by atoms with Gasteiger partial charge in [0.25, 0.3) is 0 Å². The minimum Gasteiger partial charge on any atom is -0.507 e. The van der Waals surface area contributed by atoms with Crippen molar-refractivity contribution in [3.05, 3.63) is 218 Å². The summed E-state index contributed by atoms with van der Waals surface area (Å²) in [6.45, 7) is 116. The first-order chi connectivity index (χ1) is 58.3. The SMILES string of the molecule is COc1c(-c2cc(C(C)(C)C)cc(C(C)(C)C)c2O)cc(C(C)(C)C)cc1C(C)(C)C.COc1c(C(C)(C)C)cc(C(C)(C)C)c(C)c1C(C)c1c(C)c(C(C)(C)C)cc(C(C)(C)C)c1O.COc1c(C(C)c2cc(C(C)(C)C)cc(C(C)(C)C)c2O)cc(C(C)(C)C)cc1C(C)(C)C.COc1c(Cc2cc(C(C)(C)C)cc(C(C)(C)C)c2O)cc(C(C)(C)C)cc1C(C)(C)C. The van der Waals surface area contributed by atoms with Crippen molar-refractivity contribution in [2.24, 2.45) is 0 Å². The molecular weight excluding hydrogens is 1610 g/mol. The highest BCUT2D eigenvalue weighted by molar-refractivity contribution is 5.81. The molecule has 0 heterocycles. The summed E-state index contributed by atoms with van der Waals surface area (Å²) in [6.07, 6.45) is 0.634. The summed E-state index contributed by atoms with van der Waals surface area (Å²) in [5.41, 5.74) is 28.6. The third-order valence-corrected chi connectivity index (χ3v) is 26.6. The highest BCUT2D eigenvalue weighted by atomic mass is 16.5. The molecule has 0 radical (unpaired) electrons. The van der Waals surface area contributed by atoms with Gasteiger partial charge in [0.05, 0.1) is 28.4 Å². The van der Waals surface area contributed by atoms with Gasteiger partial charge in [-0.05, 0) is 196 Å². The lowest BCUT2D eigenvalue weighted by molar-refractivity contribution is 0.388. The van der Waals surface area contributed by atoms with Gasteiger partial charge in [0.2, 0.25) is 0 Å². The zero-order valence-corrected chi connectivity index (χ0v) is 94.4. The monoisotopic (exact) mass is 1800 g/mol. The Morgan fingerprint density at radius 2 is 0.450 bits per heavy atom. The first-order valence-corrected chi connectivity index (χ1v) is 48.7. The van der Waals surface area contributed by atoms with Gasteiger partial charge in [-0.2, -0.15) is 0 Å². The average Bonchev–Trinajstić information content (AvgIpc) is 0.739. The summed E-state index contributed by atoms with van der Waals surface area (Å²) in [5.74, 6) is 5.21. The molecule has 0 saturated carbocycles. The van der Waals surface area contributed by atoms with Gasteiger partial charge in [-0.25, -0.2) is 0 Å². The first kappa shape index (κ1) is 114. The molecule has 0 amide bonds. The minimum atomic E-state index is -0.179. The Bertz CT molecular complexity index is 5310. The van der Waals surface area contributed by atoms with E-state index in [0.29, 0.717) is 29.4 Å². The molecular formula is C123H190O8. The highest BCUT2D eigenvalue weighted by Crippen LogP contribution is 2.55. The molecule has 0 aliphatic rings. The fraction of sp³-hybridized carbons (Fsp3) is 0.610. The number of hydrogen-bond donors (Lipinski definition) is 4. The van der Waals surface area contributed by atoms with Gasteiger partial charge >= 0.3 is 0 Å². The predicted octanol–water partition coefficient (Wildman–Crippen LogP) is 34.5. The molecule has 0 spiro atoms. The van der Waals surface area contributed by atoms with Crippen molar-refractivity contribution >= 4 is 0 Å². The molecule has 730 valence electrons. The number of aromatic hydroxyl groups is 4. The Morgan fingerprint density at radius 3 is 0.779 bits per heavy atom. The van der Waals surface area contributed by atoms with Crippen LogP contribution in [0.15, 0.2) is 84.9 Å². The molecule has 4 N–H and O–H groups in total. The maximum Gasteiger partial charge on any atom is 0.130 e. The average molecular weight is 1800 g/mol. The molecule has 0 aliphatic heterocycles. The normalized spacial score (nSPS) is 13.9. The summed E-state index contributed by atoms with van der Waals surface area (Å²) in [4.78, 5) is 0. The van der Waals surface area contributed by atoms with E-state index in [1.165, 1.54) is 77.9 Å². The van der Waals surface area contributed by atoms with Crippen LogP contribution < -0.4 is 18.9 Å².